The summed E-state index contributed by atoms with van der Waals surface area (Å²) in [5, 5.41) is 0. The summed E-state index contributed by atoms with van der Waals surface area (Å²) >= 11 is 0. The molecule has 0 radical (unpaired) electrons. The zero-order valence-electron chi connectivity index (χ0n) is 10.2. The van der Waals surface area contributed by atoms with Crippen LogP contribution in [0.2, 0.25) is 0 Å². The topological polar surface area (TPSA) is 35.2 Å². The Morgan fingerprint density at radius 2 is 1.82 bits per heavy atom. The Balaban J connectivity index is 2.60. The van der Waals surface area contributed by atoms with Crippen LogP contribution in [0.1, 0.15) is 11.1 Å². The van der Waals surface area contributed by atoms with Crippen molar-refractivity contribution < 1.29 is 4.74 Å². The lowest BCUT2D eigenvalue weighted by Gasteiger charge is -2.12. The zero-order chi connectivity index (χ0) is 12.3. The molecule has 0 heterocycles. The molecular formula is C15H17NO. The molecule has 0 saturated heterocycles. The van der Waals surface area contributed by atoms with Gasteiger partial charge in [-0.2, -0.15) is 0 Å². The molecule has 0 amide bonds. The maximum Gasteiger partial charge on any atom is 0.126 e. The average molecular weight is 227 g/mol. The third-order valence-corrected chi connectivity index (χ3v) is 2.93. The minimum atomic E-state index is 0.545. The van der Waals surface area contributed by atoms with Gasteiger partial charge in [-0.1, -0.05) is 30.3 Å². The summed E-state index contributed by atoms with van der Waals surface area (Å²) in [6.45, 7) is 2.65. The van der Waals surface area contributed by atoms with E-state index in [4.69, 9.17) is 10.5 Å². The summed E-state index contributed by atoms with van der Waals surface area (Å²) in [5.74, 6) is 0.886. The molecule has 17 heavy (non-hydrogen) atoms. The van der Waals surface area contributed by atoms with Gasteiger partial charge in [0.25, 0.3) is 0 Å². The Bertz CT molecular complexity index is 520. The van der Waals surface area contributed by atoms with Crippen molar-refractivity contribution >= 4 is 0 Å². The van der Waals surface area contributed by atoms with Crippen LogP contribution in [-0.2, 0) is 6.54 Å². The molecule has 0 bridgehead atoms. The molecule has 0 spiro atoms. The van der Waals surface area contributed by atoms with Crippen molar-refractivity contribution in [2.45, 2.75) is 13.5 Å². The fourth-order valence-electron chi connectivity index (χ4n) is 1.97. The fraction of sp³-hybridized carbons (Fsp3) is 0.200. The highest BCUT2D eigenvalue weighted by Crippen LogP contribution is 2.32. The predicted octanol–water partition coefficient (Wildman–Crippen LogP) is 3.13. The van der Waals surface area contributed by atoms with E-state index in [1.807, 2.05) is 24.3 Å². The van der Waals surface area contributed by atoms with Crippen LogP contribution in [0.4, 0.5) is 0 Å². The minimum absolute atomic E-state index is 0.545. The van der Waals surface area contributed by atoms with Crippen molar-refractivity contribution in [1.29, 1.82) is 0 Å². The molecule has 2 aromatic carbocycles. The lowest BCUT2D eigenvalue weighted by molar-refractivity contribution is 0.416. The maximum absolute atomic E-state index is 5.69. The van der Waals surface area contributed by atoms with E-state index >= 15 is 0 Å². The van der Waals surface area contributed by atoms with Crippen LogP contribution in [0.3, 0.4) is 0 Å². The minimum Gasteiger partial charge on any atom is -0.496 e. The van der Waals surface area contributed by atoms with E-state index in [9.17, 15) is 0 Å². The van der Waals surface area contributed by atoms with Crippen molar-refractivity contribution in [2.75, 3.05) is 7.11 Å². The molecule has 0 unspecified atom stereocenters. The zero-order valence-corrected chi connectivity index (χ0v) is 10.2. The van der Waals surface area contributed by atoms with Crippen LogP contribution in [0.25, 0.3) is 11.1 Å². The first-order valence-electron chi connectivity index (χ1n) is 5.69. The van der Waals surface area contributed by atoms with Gasteiger partial charge in [0.05, 0.1) is 7.11 Å². The second-order valence-corrected chi connectivity index (χ2v) is 4.05. The lowest BCUT2D eigenvalue weighted by atomic mass is 9.98. The number of ether oxygens (including phenoxy) is 1. The fourth-order valence-corrected chi connectivity index (χ4v) is 1.97. The van der Waals surface area contributed by atoms with Gasteiger partial charge in [-0.3, -0.25) is 0 Å². The molecule has 2 aromatic rings. The smallest absolute Gasteiger partial charge is 0.126 e. The first kappa shape index (κ1) is 11.7. The van der Waals surface area contributed by atoms with E-state index in [0.29, 0.717) is 6.54 Å². The Kier molecular flexibility index (Phi) is 3.45. The van der Waals surface area contributed by atoms with Crippen LogP contribution in [0.5, 0.6) is 5.75 Å². The van der Waals surface area contributed by atoms with Gasteiger partial charge in [-0.15, -0.1) is 0 Å². The normalized spacial score (nSPS) is 10.3. The van der Waals surface area contributed by atoms with E-state index in [2.05, 4.69) is 25.1 Å². The largest absolute Gasteiger partial charge is 0.496 e. The summed E-state index contributed by atoms with van der Waals surface area (Å²) < 4.78 is 5.41. The second kappa shape index (κ2) is 5.02. The third kappa shape index (κ3) is 2.32. The Hall–Kier alpha value is -1.80. The number of hydrogen-bond donors (Lipinski definition) is 1. The monoisotopic (exact) mass is 227 g/mol. The molecule has 2 heteroatoms. The van der Waals surface area contributed by atoms with Crippen molar-refractivity contribution in [3.8, 4) is 16.9 Å². The number of nitrogens with two attached hydrogens (primary N) is 1. The van der Waals surface area contributed by atoms with Gasteiger partial charge in [0.15, 0.2) is 0 Å². The molecular weight excluding hydrogens is 210 g/mol. The van der Waals surface area contributed by atoms with Gasteiger partial charge < -0.3 is 10.5 Å². The van der Waals surface area contributed by atoms with Gasteiger partial charge in [-0.25, -0.2) is 0 Å². The molecule has 2 N–H and O–H groups in total. The summed E-state index contributed by atoms with van der Waals surface area (Å²) in [7, 11) is 1.69. The Morgan fingerprint density at radius 1 is 1.06 bits per heavy atom. The van der Waals surface area contributed by atoms with Crippen molar-refractivity contribution in [3.05, 3.63) is 53.6 Å². The summed E-state index contributed by atoms with van der Waals surface area (Å²) in [5.41, 5.74) is 10.3. The number of hydrogen-bond acceptors (Lipinski definition) is 2. The highest BCUT2D eigenvalue weighted by Gasteiger charge is 2.08. The lowest BCUT2D eigenvalue weighted by Crippen LogP contribution is -1.98. The van der Waals surface area contributed by atoms with Gasteiger partial charge in [0, 0.05) is 12.1 Å². The second-order valence-electron chi connectivity index (χ2n) is 4.05. The SMILES string of the molecule is COc1ccc(CN)cc1-c1ccccc1C. The molecule has 88 valence electrons. The predicted molar refractivity (Wildman–Crippen MR) is 71.1 cm³/mol. The molecule has 2 nitrogen and oxygen atoms in total. The third-order valence-electron chi connectivity index (χ3n) is 2.93. The summed E-state index contributed by atoms with van der Waals surface area (Å²) in [6, 6.07) is 14.4. The van der Waals surface area contributed by atoms with Gasteiger partial charge in [0.1, 0.15) is 5.75 Å². The van der Waals surface area contributed by atoms with E-state index in [-0.39, 0.29) is 0 Å². The van der Waals surface area contributed by atoms with E-state index < -0.39 is 0 Å². The summed E-state index contributed by atoms with van der Waals surface area (Å²) in [4.78, 5) is 0. The van der Waals surface area contributed by atoms with Crippen molar-refractivity contribution in [3.63, 3.8) is 0 Å². The highest BCUT2D eigenvalue weighted by molar-refractivity contribution is 5.73. The van der Waals surface area contributed by atoms with Crippen LogP contribution in [0.15, 0.2) is 42.5 Å². The average Bonchev–Trinajstić information content (AvgIpc) is 2.38. The molecule has 2 rings (SSSR count). The molecule has 0 aliphatic heterocycles. The Labute approximate surface area is 102 Å². The first-order chi connectivity index (χ1) is 8.26. The highest BCUT2D eigenvalue weighted by atomic mass is 16.5. The van der Waals surface area contributed by atoms with Crippen LogP contribution in [0, 0.1) is 6.92 Å². The van der Waals surface area contributed by atoms with Crippen molar-refractivity contribution in [2.24, 2.45) is 5.73 Å². The first-order valence-corrected chi connectivity index (χ1v) is 5.69. The number of rotatable bonds is 3. The quantitative estimate of drug-likeness (QED) is 0.874. The number of benzene rings is 2. The standard InChI is InChI=1S/C15H17NO/c1-11-5-3-4-6-13(11)14-9-12(10-16)7-8-15(14)17-2/h3-9H,10,16H2,1-2H3. The Morgan fingerprint density at radius 3 is 2.47 bits per heavy atom. The van der Waals surface area contributed by atoms with E-state index in [0.717, 1.165) is 16.9 Å². The van der Waals surface area contributed by atoms with Crippen LogP contribution < -0.4 is 10.5 Å². The molecule has 0 aliphatic rings. The van der Waals surface area contributed by atoms with Gasteiger partial charge >= 0.3 is 0 Å². The molecule has 0 aromatic heterocycles. The van der Waals surface area contributed by atoms with E-state index in [1.165, 1.54) is 11.1 Å². The van der Waals surface area contributed by atoms with Gasteiger partial charge in [0.2, 0.25) is 0 Å². The molecule has 0 atom stereocenters. The van der Waals surface area contributed by atoms with Crippen LogP contribution >= 0.6 is 0 Å². The number of aryl methyl sites for hydroxylation is 1. The molecule has 0 fully saturated rings. The number of methoxy groups -OCH3 is 1. The van der Waals surface area contributed by atoms with Crippen LogP contribution in [-0.4, -0.2) is 7.11 Å². The van der Waals surface area contributed by atoms with Gasteiger partial charge in [-0.05, 0) is 35.7 Å². The maximum atomic E-state index is 5.69. The molecule has 0 aliphatic carbocycles. The van der Waals surface area contributed by atoms with Crippen molar-refractivity contribution in [1.82, 2.24) is 0 Å². The molecule has 0 saturated carbocycles. The van der Waals surface area contributed by atoms with E-state index in [1.54, 1.807) is 7.11 Å². The summed E-state index contributed by atoms with van der Waals surface area (Å²) in [6.07, 6.45) is 0.